The van der Waals surface area contributed by atoms with Gasteiger partial charge in [-0.1, -0.05) is 6.42 Å². The van der Waals surface area contributed by atoms with E-state index in [1.807, 2.05) is 13.1 Å². The summed E-state index contributed by atoms with van der Waals surface area (Å²) in [6.45, 7) is 4.42. The predicted molar refractivity (Wildman–Crippen MR) is 65.0 cm³/mol. The zero-order chi connectivity index (χ0) is 12.3. The zero-order valence-electron chi connectivity index (χ0n) is 10.6. The first kappa shape index (κ1) is 13.7. The minimum atomic E-state index is 0.651. The molecule has 1 aromatic heterocycles. The number of aromatic nitrogens is 2. The molecule has 0 spiro atoms. The number of imidazole rings is 1. The van der Waals surface area contributed by atoms with E-state index in [-0.39, 0.29) is 0 Å². The Morgan fingerprint density at radius 2 is 2.18 bits per heavy atom. The third kappa shape index (κ3) is 5.50. The van der Waals surface area contributed by atoms with Crippen molar-refractivity contribution in [3.63, 3.8) is 0 Å². The lowest BCUT2D eigenvalue weighted by atomic mass is 10.1. The molecule has 0 aliphatic heterocycles. The number of rotatable bonds is 9. The molecule has 1 N–H and O–H groups in total. The van der Waals surface area contributed by atoms with Gasteiger partial charge in [0.25, 0.3) is 5.82 Å². The van der Waals surface area contributed by atoms with Crippen LogP contribution >= 0.6 is 0 Å². The Morgan fingerprint density at radius 1 is 1.35 bits per heavy atom. The molecule has 0 saturated heterocycles. The van der Waals surface area contributed by atoms with Crippen LogP contribution in [-0.4, -0.2) is 11.6 Å². The summed E-state index contributed by atoms with van der Waals surface area (Å²) in [5, 5.41) is 8.42. The SMILES string of the molecule is CCOCc1[nH]cc[n+]1CCCCCCC#N. The zero-order valence-corrected chi connectivity index (χ0v) is 10.6. The first-order valence-corrected chi connectivity index (χ1v) is 6.39. The number of nitrogens with zero attached hydrogens (tertiary/aromatic N) is 2. The van der Waals surface area contributed by atoms with Crippen molar-refractivity contribution in [2.45, 2.75) is 52.2 Å². The van der Waals surface area contributed by atoms with Crippen molar-refractivity contribution in [1.82, 2.24) is 4.98 Å². The van der Waals surface area contributed by atoms with E-state index >= 15 is 0 Å². The summed E-state index contributed by atoms with van der Waals surface area (Å²) < 4.78 is 7.60. The highest BCUT2D eigenvalue weighted by molar-refractivity contribution is 4.73. The quantitative estimate of drug-likeness (QED) is 0.528. The van der Waals surface area contributed by atoms with Crippen molar-refractivity contribution in [2.75, 3.05) is 6.61 Å². The molecule has 0 aliphatic rings. The molecule has 4 nitrogen and oxygen atoms in total. The summed E-state index contributed by atoms with van der Waals surface area (Å²) in [4.78, 5) is 3.20. The topological polar surface area (TPSA) is 52.7 Å². The van der Waals surface area contributed by atoms with Crippen molar-refractivity contribution in [3.05, 3.63) is 18.2 Å². The standard InChI is InChI=1S/C13H21N3O/c1-2-17-12-13-15-9-11-16(13)10-7-5-3-4-6-8-14/h9,11H,2-7,10,12H2,1H3/p+1. The van der Waals surface area contributed by atoms with Crippen LogP contribution in [0.4, 0.5) is 0 Å². The maximum atomic E-state index is 8.42. The number of ether oxygens (including phenoxy) is 1. The monoisotopic (exact) mass is 236 g/mol. The summed E-state index contributed by atoms with van der Waals surface area (Å²) in [5.41, 5.74) is 0. The number of unbranched alkanes of at least 4 members (excludes halogenated alkanes) is 4. The van der Waals surface area contributed by atoms with Gasteiger partial charge < -0.3 is 4.74 Å². The molecule has 0 fully saturated rings. The molecule has 0 bridgehead atoms. The summed E-state index contributed by atoms with van der Waals surface area (Å²) >= 11 is 0. The molecule has 1 heterocycles. The highest BCUT2D eigenvalue weighted by Crippen LogP contribution is 2.02. The molecule has 0 saturated carbocycles. The third-order valence-corrected chi connectivity index (χ3v) is 2.73. The first-order valence-electron chi connectivity index (χ1n) is 6.39. The van der Waals surface area contributed by atoms with Crippen LogP contribution in [0.25, 0.3) is 0 Å². The maximum Gasteiger partial charge on any atom is 0.280 e. The maximum absolute atomic E-state index is 8.42. The molecule has 0 atom stereocenters. The lowest BCUT2D eigenvalue weighted by Gasteiger charge is -2.01. The molecule has 0 radical (unpaired) electrons. The van der Waals surface area contributed by atoms with E-state index in [0.717, 1.165) is 38.2 Å². The van der Waals surface area contributed by atoms with Crippen LogP contribution in [-0.2, 0) is 17.9 Å². The van der Waals surface area contributed by atoms with Gasteiger partial charge in [-0.3, -0.25) is 0 Å². The number of aryl methyl sites for hydroxylation is 1. The van der Waals surface area contributed by atoms with Crippen molar-refractivity contribution >= 4 is 0 Å². The van der Waals surface area contributed by atoms with Crippen LogP contribution in [0, 0.1) is 11.3 Å². The second-order valence-electron chi connectivity index (χ2n) is 4.06. The van der Waals surface area contributed by atoms with Crippen LogP contribution < -0.4 is 4.57 Å². The number of aromatic amines is 1. The van der Waals surface area contributed by atoms with E-state index < -0.39 is 0 Å². The second kappa shape index (κ2) is 8.77. The van der Waals surface area contributed by atoms with Gasteiger partial charge in [-0.05, 0) is 26.2 Å². The normalized spacial score (nSPS) is 10.4. The number of nitrogens with one attached hydrogen (secondary N) is 1. The molecular formula is C13H22N3O+. The van der Waals surface area contributed by atoms with E-state index in [9.17, 15) is 0 Å². The van der Waals surface area contributed by atoms with E-state index in [1.54, 1.807) is 0 Å². The molecule has 1 rings (SSSR count). The van der Waals surface area contributed by atoms with E-state index in [2.05, 4.69) is 21.8 Å². The van der Waals surface area contributed by atoms with Gasteiger partial charge in [-0.25, -0.2) is 9.55 Å². The van der Waals surface area contributed by atoms with Crippen LogP contribution in [0.2, 0.25) is 0 Å². The third-order valence-electron chi connectivity index (χ3n) is 2.73. The number of H-pyrrole nitrogens is 1. The van der Waals surface area contributed by atoms with Crippen LogP contribution in [0.3, 0.4) is 0 Å². The lowest BCUT2D eigenvalue weighted by molar-refractivity contribution is -0.705. The molecule has 4 heteroatoms. The largest absolute Gasteiger partial charge is 0.369 e. The van der Waals surface area contributed by atoms with Gasteiger partial charge in [0.2, 0.25) is 0 Å². The van der Waals surface area contributed by atoms with Gasteiger partial charge in [0, 0.05) is 13.0 Å². The summed E-state index contributed by atoms with van der Waals surface area (Å²) in [6, 6.07) is 2.18. The Hall–Kier alpha value is -1.34. The van der Waals surface area contributed by atoms with Crippen molar-refractivity contribution < 1.29 is 9.30 Å². The Bertz CT molecular complexity index is 341. The highest BCUT2D eigenvalue weighted by Gasteiger charge is 2.09. The van der Waals surface area contributed by atoms with Gasteiger partial charge in [-0.2, -0.15) is 5.26 Å². The average molecular weight is 236 g/mol. The Morgan fingerprint density at radius 3 is 2.94 bits per heavy atom. The van der Waals surface area contributed by atoms with Crippen LogP contribution in [0.5, 0.6) is 0 Å². The minimum Gasteiger partial charge on any atom is -0.369 e. The number of nitriles is 1. The molecule has 0 unspecified atom stereocenters. The second-order valence-corrected chi connectivity index (χ2v) is 4.06. The molecule has 0 aliphatic carbocycles. The van der Waals surface area contributed by atoms with Crippen LogP contribution in [0.1, 0.15) is 44.9 Å². The Labute approximate surface area is 103 Å². The lowest BCUT2D eigenvalue weighted by Crippen LogP contribution is -2.36. The van der Waals surface area contributed by atoms with Gasteiger partial charge in [-0.15, -0.1) is 0 Å². The molecular weight excluding hydrogens is 214 g/mol. The Kier molecular flexibility index (Phi) is 7.08. The van der Waals surface area contributed by atoms with E-state index in [1.165, 1.54) is 6.42 Å². The van der Waals surface area contributed by atoms with E-state index in [0.29, 0.717) is 13.0 Å². The minimum absolute atomic E-state index is 0.651. The molecule has 0 aromatic carbocycles. The summed E-state index contributed by atoms with van der Waals surface area (Å²) in [7, 11) is 0. The van der Waals surface area contributed by atoms with Gasteiger partial charge in [0.15, 0.2) is 0 Å². The fourth-order valence-electron chi connectivity index (χ4n) is 1.77. The summed E-state index contributed by atoms with van der Waals surface area (Å²) in [5.74, 6) is 1.13. The van der Waals surface area contributed by atoms with Gasteiger partial charge >= 0.3 is 0 Å². The van der Waals surface area contributed by atoms with Crippen LogP contribution in [0.15, 0.2) is 12.4 Å². The Balaban J connectivity index is 2.18. The fourth-order valence-corrected chi connectivity index (χ4v) is 1.77. The smallest absolute Gasteiger partial charge is 0.280 e. The molecule has 1 aromatic rings. The predicted octanol–water partition coefficient (Wildman–Crippen LogP) is 2.31. The first-order chi connectivity index (χ1) is 8.38. The number of hydrogen-bond acceptors (Lipinski definition) is 2. The average Bonchev–Trinajstić information content (AvgIpc) is 2.78. The number of hydrogen-bond donors (Lipinski definition) is 1. The van der Waals surface area contributed by atoms with E-state index in [4.69, 9.17) is 10.00 Å². The highest BCUT2D eigenvalue weighted by atomic mass is 16.5. The van der Waals surface area contributed by atoms with Crippen molar-refractivity contribution in [1.29, 1.82) is 5.26 Å². The summed E-state index contributed by atoms with van der Waals surface area (Å²) in [6.07, 6.45) is 9.22. The molecule has 17 heavy (non-hydrogen) atoms. The van der Waals surface area contributed by atoms with Gasteiger partial charge in [0.1, 0.15) is 19.0 Å². The van der Waals surface area contributed by atoms with Crippen molar-refractivity contribution in [3.8, 4) is 6.07 Å². The van der Waals surface area contributed by atoms with Gasteiger partial charge in [0.05, 0.1) is 12.6 Å². The molecule has 0 amide bonds. The molecule has 94 valence electrons. The fraction of sp³-hybridized carbons (Fsp3) is 0.692. The van der Waals surface area contributed by atoms with Crippen molar-refractivity contribution in [2.24, 2.45) is 0 Å².